The Labute approximate surface area is 114 Å². The first kappa shape index (κ1) is 13.5. The number of aromatic nitrogens is 2. The van der Waals surface area contributed by atoms with E-state index in [1.807, 2.05) is 6.92 Å². The molecule has 0 aliphatic heterocycles. The molecule has 8 nitrogen and oxygen atoms in total. The largest absolute Gasteiger partial charge is 0.432 e. The van der Waals surface area contributed by atoms with Crippen LogP contribution in [0.25, 0.3) is 0 Å². The molecule has 0 radical (unpaired) electrons. The standard InChI is InChI=1S/C12H13N5O3/c1-2-14-10-7-11(16-12(13)15-10)20-9-6-4-3-5-8(9)17(18)19/h3-7H,2H2,1H3,(H3,13,14,15,16). The van der Waals surface area contributed by atoms with Crippen LogP contribution in [0.1, 0.15) is 6.92 Å². The van der Waals surface area contributed by atoms with Gasteiger partial charge < -0.3 is 15.8 Å². The monoisotopic (exact) mass is 275 g/mol. The molecule has 20 heavy (non-hydrogen) atoms. The van der Waals surface area contributed by atoms with Crippen molar-refractivity contribution in [1.29, 1.82) is 0 Å². The SMILES string of the molecule is CCNc1cc(Oc2ccccc2[N+](=O)[O-])nc(N)n1. The average Bonchev–Trinajstić information content (AvgIpc) is 2.38. The molecule has 8 heteroatoms. The molecule has 1 aromatic carbocycles. The molecule has 0 fully saturated rings. The van der Waals surface area contributed by atoms with Crippen LogP contribution < -0.4 is 15.8 Å². The molecule has 2 rings (SSSR count). The molecule has 1 heterocycles. The lowest BCUT2D eigenvalue weighted by Gasteiger charge is -2.08. The van der Waals surface area contributed by atoms with Gasteiger partial charge in [-0.2, -0.15) is 9.97 Å². The average molecular weight is 275 g/mol. The molecule has 0 aliphatic carbocycles. The van der Waals surface area contributed by atoms with Crippen LogP contribution in [-0.2, 0) is 0 Å². The highest BCUT2D eigenvalue weighted by molar-refractivity contribution is 5.49. The third-order valence-electron chi connectivity index (χ3n) is 2.35. The second-order valence-corrected chi connectivity index (χ2v) is 3.81. The van der Waals surface area contributed by atoms with E-state index in [2.05, 4.69) is 15.3 Å². The van der Waals surface area contributed by atoms with Gasteiger partial charge in [-0.3, -0.25) is 10.1 Å². The molecular weight excluding hydrogens is 262 g/mol. The maximum atomic E-state index is 10.9. The van der Waals surface area contributed by atoms with E-state index in [4.69, 9.17) is 10.5 Å². The maximum Gasteiger partial charge on any atom is 0.311 e. The summed E-state index contributed by atoms with van der Waals surface area (Å²) >= 11 is 0. The Morgan fingerprint density at radius 3 is 2.85 bits per heavy atom. The number of para-hydroxylation sites is 2. The first-order valence-corrected chi connectivity index (χ1v) is 5.90. The summed E-state index contributed by atoms with van der Waals surface area (Å²) in [4.78, 5) is 18.2. The lowest BCUT2D eigenvalue weighted by molar-refractivity contribution is -0.385. The van der Waals surface area contributed by atoms with E-state index >= 15 is 0 Å². The van der Waals surface area contributed by atoms with E-state index in [0.29, 0.717) is 12.4 Å². The van der Waals surface area contributed by atoms with Crippen LogP contribution in [0.2, 0.25) is 0 Å². The van der Waals surface area contributed by atoms with Gasteiger partial charge in [-0.25, -0.2) is 0 Å². The fraction of sp³-hybridized carbons (Fsp3) is 0.167. The first-order chi connectivity index (χ1) is 9.60. The summed E-state index contributed by atoms with van der Waals surface area (Å²) in [6.07, 6.45) is 0. The van der Waals surface area contributed by atoms with Gasteiger partial charge in [0.05, 0.1) is 4.92 Å². The number of nitro groups is 1. The summed E-state index contributed by atoms with van der Waals surface area (Å²) in [7, 11) is 0. The molecular formula is C12H13N5O3. The number of nitrogens with two attached hydrogens (primary N) is 1. The summed E-state index contributed by atoms with van der Waals surface area (Å²) in [5.41, 5.74) is 5.42. The minimum atomic E-state index is -0.523. The van der Waals surface area contributed by atoms with Crippen molar-refractivity contribution in [2.45, 2.75) is 6.92 Å². The Balaban J connectivity index is 2.32. The smallest absolute Gasteiger partial charge is 0.311 e. The predicted molar refractivity (Wildman–Crippen MR) is 73.8 cm³/mol. The zero-order valence-electron chi connectivity index (χ0n) is 10.7. The normalized spacial score (nSPS) is 10.1. The Bertz CT molecular complexity index is 632. The fourth-order valence-electron chi connectivity index (χ4n) is 1.57. The van der Waals surface area contributed by atoms with Gasteiger partial charge in [0, 0.05) is 18.7 Å². The summed E-state index contributed by atoms with van der Waals surface area (Å²) in [5.74, 6) is 0.756. The summed E-state index contributed by atoms with van der Waals surface area (Å²) < 4.78 is 5.43. The summed E-state index contributed by atoms with van der Waals surface area (Å²) in [6, 6.07) is 7.56. The Morgan fingerprint density at radius 1 is 1.40 bits per heavy atom. The Hall–Kier alpha value is -2.90. The topological polar surface area (TPSA) is 116 Å². The molecule has 0 saturated heterocycles. The summed E-state index contributed by atoms with van der Waals surface area (Å²) in [5, 5.41) is 13.9. The van der Waals surface area contributed by atoms with Crippen molar-refractivity contribution >= 4 is 17.5 Å². The number of nitrogens with zero attached hydrogens (tertiary/aromatic N) is 3. The van der Waals surface area contributed by atoms with E-state index in [0.717, 1.165) is 0 Å². The third kappa shape index (κ3) is 3.10. The number of hydrogen-bond acceptors (Lipinski definition) is 7. The van der Waals surface area contributed by atoms with E-state index in [-0.39, 0.29) is 23.3 Å². The predicted octanol–water partition coefficient (Wildman–Crippen LogP) is 2.19. The van der Waals surface area contributed by atoms with E-state index in [1.165, 1.54) is 18.2 Å². The number of nitro benzene ring substituents is 1. The van der Waals surface area contributed by atoms with Gasteiger partial charge in [-0.05, 0) is 13.0 Å². The number of nitrogen functional groups attached to an aromatic ring is 1. The number of benzene rings is 1. The summed E-state index contributed by atoms with van der Waals surface area (Å²) in [6.45, 7) is 2.56. The molecule has 1 aromatic heterocycles. The van der Waals surface area contributed by atoms with Crippen LogP contribution in [-0.4, -0.2) is 21.4 Å². The van der Waals surface area contributed by atoms with Crippen LogP contribution in [0, 0.1) is 10.1 Å². The number of hydrogen-bond donors (Lipinski definition) is 2. The number of rotatable bonds is 5. The highest BCUT2D eigenvalue weighted by atomic mass is 16.6. The zero-order chi connectivity index (χ0) is 14.5. The number of anilines is 2. The van der Waals surface area contributed by atoms with Crippen molar-refractivity contribution in [2.75, 3.05) is 17.6 Å². The van der Waals surface area contributed by atoms with Gasteiger partial charge in [0.15, 0.2) is 0 Å². The minimum Gasteiger partial charge on any atom is -0.432 e. The van der Waals surface area contributed by atoms with Gasteiger partial charge >= 0.3 is 5.69 Å². The van der Waals surface area contributed by atoms with Crippen molar-refractivity contribution in [3.8, 4) is 11.6 Å². The molecule has 0 atom stereocenters. The van der Waals surface area contributed by atoms with Gasteiger partial charge in [0.2, 0.25) is 17.6 Å². The van der Waals surface area contributed by atoms with Crippen molar-refractivity contribution in [3.05, 3.63) is 40.4 Å². The molecule has 0 unspecified atom stereocenters. The van der Waals surface area contributed by atoms with E-state index in [9.17, 15) is 10.1 Å². The van der Waals surface area contributed by atoms with Crippen molar-refractivity contribution in [3.63, 3.8) is 0 Å². The van der Waals surface area contributed by atoms with Crippen molar-refractivity contribution in [1.82, 2.24) is 9.97 Å². The minimum absolute atomic E-state index is 0.0250. The molecule has 0 aliphatic rings. The van der Waals surface area contributed by atoms with Crippen LogP contribution in [0.5, 0.6) is 11.6 Å². The van der Waals surface area contributed by atoms with Crippen LogP contribution in [0.4, 0.5) is 17.5 Å². The molecule has 0 spiro atoms. The van der Waals surface area contributed by atoms with Crippen molar-refractivity contribution < 1.29 is 9.66 Å². The quantitative estimate of drug-likeness (QED) is 0.634. The highest BCUT2D eigenvalue weighted by Crippen LogP contribution is 2.30. The molecule has 104 valence electrons. The second kappa shape index (κ2) is 5.83. The first-order valence-electron chi connectivity index (χ1n) is 5.90. The number of nitrogens with one attached hydrogen (secondary N) is 1. The van der Waals surface area contributed by atoms with E-state index < -0.39 is 4.92 Å². The maximum absolute atomic E-state index is 10.9. The van der Waals surface area contributed by atoms with E-state index in [1.54, 1.807) is 12.1 Å². The Kier molecular flexibility index (Phi) is 3.94. The van der Waals surface area contributed by atoms with Crippen LogP contribution in [0.15, 0.2) is 30.3 Å². The third-order valence-corrected chi connectivity index (χ3v) is 2.35. The van der Waals surface area contributed by atoms with Gasteiger partial charge in [-0.15, -0.1) is 0 Å². The molecule has 0 bridgehead atoms. The fourth-order valence-corrected chi connectivity index (χ4v) is 1.57. The second-order valence-electron chi connectivity index (χ2n) is 3.81. The zero-order valence-corrected chi connectivity index (χ0v) is 10.7. The Morgan fingerprint density at radius 2 is 2.15 bits per heavy atom. The molecule has 3 N–H and O–H groups in total. The lowest BCUT2D eigenvalue weighted by atomic mass is 10.3. The van der Waals surface area contributed by atoms with Gasteiger partial charge in [-0.1, -0.05) is 12.1 Å². The van der Waals surface area contributed by atoms with Gasteiger partial charge in [0.1, 0.15) is 5.82 Å². The molecule has 2 aromatic rings. The molecule has 0 saturated carbocycles. The lowest BCUT2D eigenvalue weighted by Crippen LogP contribution is -2.04. The molecule has 0 amide bonds. The van der Waals surface area contributed by atoms with Crippen LogP contribution in [0.3, 0.4) is 0 Å². The van der Waals surface area contributed by atoms with Gasteiger partial charge in [0.25, 0.3) is 0 Å². The highest BCUT2D eigenvalue weighted by Gasteiger charge is 2.15. The number of ether oxygens (including phenoxy) is 1. The van der Waals surface area contributed by atoms with Crippen molar-refractivity contribution in [2.24, 2.45) is 0 Å². The van der Waals surface area contributed by atoms with Crippen LogP contribution >= 0.6 is 0 Å².